The number of hydrogen-bond donors (Lipinski definition) is 2. The smallest absolute Gasteiger partial charge is 0.254 e. The standard InChI is InChI=1S/C15H25N3O2/c1-3-5-10-20-11-6-8-18-15(19)13-12-16-9-7-14(13)17-4-2/h7,9,12H,3-6,8,10-11H2,1-2H3,(H,16,17)(H,18,19). The van der Waals surface area contributed by atoms with Crippen molar-refractivity contribution >= 4 is 11.6 Å². The van der Waals surface area contributed by atoms with Crippen molar-refractivity contribution in [2.24, 2.45) is 0 Å². The van der Waals surface area contributed by atoms with Crippen LogP contribution in [0.5, 0.6) is 0 Å². The second kappa shape index (κ2) is 10.2. The highest BCUT2D eigenvalue weighted by Crippen LogP contribution is 2.12. The van der Waals surface area contributed by atoms with Crippen LogP contribution in [0.3, 0.4) is 0 Å². The molecule has 0 fully saturated rings. The Morgan fingerprint density at radius 3 is 2.85 bits per heavy atom. The first-order valence-corrected chi connectivity index (χ1v) is 7.33. The number of carbonyl (C=O) groups is 1. The van der Waals surface area contributed by atoms with Crippen molar-refractivity contribution in [3.8, 4) is 0 Å². The van der Waals surface area contributed by atoms with Crippen molar-refractivity contribution < 1.29 is 9.53 Å². The Balaban J connectivity index is 2.29. The van der Waals surface area contributed by atoms with Crippen molar-refractivity contribution in [3.05, 3.63) is 24.0 Å². The third-order valence-electron chi connectivity index (χ3n) is 2.83. The number of ether oxygens (including phenoxy) is 1. The zero-order valence-electron chi connectivity index (χ0n) is 12.4. The normalized spacial score (nSPS) is 10.3. The highest BCUT2D eigenvalue weighted by Gasteiger charge is 2.10. The second-order valence-electron chi connectivity index (χ2n) is 4.53. The average Bonchev–Trinajstić information content (AvgIpc) is 2.47. The van der Waals surface area contributed by atoms with Crippen LogP contribution >= 0.6 is 0 Å². The van der Waals surface area contributed by atoms with Crippen molar-refractivity contribution in [1.29, 1.82) is 0 Å². The molecular formula is C15H25N3O2. The molecule has 1 amide bonds. The first kappa shape index (κ1) is 16.4. The lowest BCUT2D eigenvalue weighted by Crippen LogP contribution is -2.26. The molecule has 0 unspecified atom stereocenters. The maximum atomic E-state index is 12.0. The summed E-state index contributed by atoms with van der Waals surface area (Å²) in [6.07, 6.45) is 6.33. The van der Waals surface area contributed by atoms with Gasteiger partial charge in [0.1, 0.15) is 0 Å². The van der Waals surface area contributed by atoms with Gasteiger partial charge in [0.05, 0.1) is 11.3 Å². The summed E-state index contributed by atoms with van der Waals surface area (Å²) in [5.74, 6) is -0.0948. The van der Waals surface area contributed by atoms with Crippen LogP contribution < -0.4 is 10.6 Å². The van der Waals surface area contributed by atoms with Crippen LogP contribution in [-0.4, -0.2) is 37.2 Å². The Morgan fingerprint density at radius 1 is 1.30 bits per heavy atom. The van der Waals surface area contributed by atoms with Crippen LogP contribution in [-0.2, 0) is 4.74 Å². The van der Waals surface area contributed by atoms with Gasteiger partial charge in [0.25, 0.3) is 5.91 Å². The molecule has 1 aromatic heterocycles. The molecule has 112 valence electrons. The molecular weight excluding hydrogens is 254 g/mol. The SMILES string of the molecule is CCCCOCCCNC(=O)c1cnccc1NCC. The largest absolute Gasteiger partial charge is 0.385 e. The quantitative estimate of drug-likeness (QED) is 0.646. The van der Waals surface area contributed by atoms with Gasteiger partial charge in [0.2, 0.25) is 0 Å². The predicted molar refractivity (Wildman–Crippen MR) is 81.1 cm³/mol. The Hall–Kier alpha value is -1.62. The summed E-state index contributed by atoms with van der Waals surface area (Å²) in [6.45, 7) is 7.02. The van der Waals surface area contributed by atoms with Gasteiger partial charge in [-0.25, -0.2) is 0 Å². The molecule has 0 spiro atoms. The summed E-state index contributed by atoms with van der Waals surface area (Å²) in [6, 6.07) is 1.81. The Kier molecular flexibility index (Phi) is 8.38. The fourth-order valence-corrected chi connectivity index (χ4v) is 1.74. The van der Waals surface area contributed by atoms with Crippen LogP contribution in [0.25, 0.3) is 0 Å². The minimum atomic E-state index is -0.0948. The van der Waals surface area contributed by atoms with E-state index in [1.165, 1.54) is 0 Å². The van der Waals surface area contributed by atoms with Crippen molar-refractivity contribution in [1.82, 2.24) is 10.3 Å². The molecule has 0 aliphatic rings. The number of anilines is 1. The third-order valence-corrected chi connectivity index (χ3v) is 2.83. The van der Waals surface area contributed by atoms with Crippen molar-refractivity contribution in [2.45, 2.75) is 33.1 Å². The maximum Gasteiger partial charge on any atom is 0.254 e. The van der Waals surface area contributed by atoms with E-state index in [0.29, 0.717) is 18.7 Å². The third kappa shape index (κ3) is 6.02. The van der Waals surface area contributed by atoms with Gasteiger partial charge in [-0.05, 0) is 25.8 Å². The number of pyridine rings is 1. The van der Waals surface area contributed by atoms with Gasteiger partial charge >= 0.3 is 0 Å². The molecule has 0 saturated heterocycles. The van der Waals surface area contributed by atoms with Crippen molar-refractivity contribution in [3.63, 3.8) is 0 Å². The molecule has 1 rings (SSSR count). The highest BCUT2D eigenvalue weighted by molar-refractivity contribution is 5.99. The molecule has 1 heterocycles. The van der Waals surface area contributed by atoms with E-state index in [0.717, 1.165) is 38.1 Å². The fraction of sp³-hybridized carbons (Fsp3) is 0.600. The molecule has 0 radical (unpaired) electrons. The molecule has 5 heteroatoms. The first-order chi connectivity index (χ1) is 9.79. The Bertz CT molecular complexity index is 396. The molecule has 0 atom stereocenters. The lowest BCUT2D eigenvalue weighted by molar-refractivity contribution is 0.0941. The average molecular weight is 279 g/mol. The zero-order chi connectivity index (χ0) is 14.6. The van der Waals surface area contributed by atoms with Crippen LogP contribution in [0.2, 0.25) is 0 Å². The number of hydrogen-bond acceptors (Lipinski definition) is 4. The molecule has 20 heavy (non-hydrogen) atoms. The number of aromatic nitrogens is 1. The topological polar surface area (TPSA) is 63.2 Å². The van der Waals surface area contributed by atoms with Crippen molar-refractivity contribution in [2.75, 3.05) is 31.6 Å². The number of amides is 1. The number of rotatable bonds is 10. The summed E-state index contributed by atoms with van der Waals surface area (Å²) in [4.78, 5) is 16.0. The van der Waals surface area contributed by atoms with E-state index in [-0.39, 0.29) is 5.91 Å². The van der Waals surface area contributed by atoms with E-state index in [2.05, 4.69) is 22.5 Å². The van der Waals surface area contributed by atoms with Gasteiger partial charge in [-0.1, -0.05) is 13.3 Å². The van der Waals surface area contributed by atoms with E-state index in [9.17, 15) is 4.79 Å². The van der Waals surface area contributed by atoms with Gasteiger partial charge in [-0.3, -0.25) is 9.78 Å². The van der Waals surface area contributed by atoms with Crippen LogP contribution in [0.15, 0.2) is 18.5 Å². The second-order valence-corrected chi connectivity index (χ2v) is 4.53. The molecule has 2 N–H and O–H groups in total. The van der Waals surface area contributed by atoms with Gasteiger partial charge < -0.3 is 15.4 Å². The Morgan fingerprint density at radius 2 is 2.10 bits per heavy atom. The maximum absolute atomic E-state index is 12.0. The van der Waals surface area contributed by atoms with Gasteiger partial charge in [0, 0.05) is 38.7 Å². The monoisotopic (exact) mass is 279 g/mol. The lowest BCUT2D eigenvalue weighted by atomic mass is 10.2. The number of nitrogens with zero attached hydrogens (tertiary/aromatic N) is 1. The van der Waals surface area contributed by atoms with E-state index >= 15 is 0 Å². The lowest BCUT2D eigenvalue weighted by Gasteiger charge is -2.10. The van der Waals surface area contributed by atoms with Gasteiger partial charge in [-0.15, -0.1) is 0 Å². The first-order valence-electron chi connectivity index (χ1n) is 7.33. The molecule has 5 nitrogen and oxygen atoms in total. The molecule has 0 bridgehead atoms. The summed E-state index contributed by atoms with van der Waals surface area (Å²) in [5.41, 5.74) is 1.40. The summed E-state index contributed by atoms with van der Waals surface area (Å²) >= 11 is 0. The van der Waals surface area contributed by atoms with Crippen LogP contribution in [0.4, 0.5) is 5.69 Å². The fourth-order valence-electron chi connectivity index (χ4n) is 1.74. The Labute approximate surface area is 121 Å². The minimum Gasteiger partial charge on any atom is -0.385 e. The molecule has 1 aromatic rings. The van der Waals surface area contributed by atoms with Gasteiger partial charge in [-0.2, -0.15) is 0 Å². The number of nitrogens with one attached hydrogen (secondary N) is 2. The number of carbonyl (C=O) groups excluding carboxylic acids is 1. The van der Waals surface area contributed by atoms with E-state index in [1.807, 2.05) is 13.0 Å². The molecule has 0 aliphatic carbocycles. The minimum absolute atomic E-state index is 0.0948. The summed E-state index contributed by atoms with van der Waals surface area (Å²) < 4.78 is 5.45. The zero-order valence-corrected chi connectivity index (χ0v) is 12.4. The predicted octanol–water partition coefficient (Wildman–Crippen LogP) is 2.45. The van der Waals surface area contributed by atoms with Gasteiger partial charge in [0.15, 0.2) is 0 Å². The molecule has 0 aromatic carbocycles. The van der Waals surface area contributed by atoms with Crippen LogP contribution in [0.1, 0.15) is 43.5 Å². The van der Waals surface area contributed by atoms with Crippen LogP contribution in [0, 0.1) is 0 Å². The van der Waals surface area contributed by atoms with E-state index < -0.39 is 0 Å². The van der Waals surface area contributed by atoms with E-state index in [4.69, 9.17) is 4.74 Å². The van der Waals surface area contributed by atoms with E-state index in [1.54, 1.807) is 12.4 Å². The number of unbranched alkanes of at least 4 members (excludes halogenated alkanes) is 1. The summed E-state index contributed by atoms with van der Waals surface area (Å²) in [5, 5.41) is 6.05. The molecule has 0 saturated carbocycles. The molecule has 0 aliphatic heterocycles. The highest BCUT2D eigenvalue weighted by atomic mass is 16.5. The summed E-state index contributed by atoms with van der Waals surface area (Å²) in [7, 11) is 0.